The minimum Gasteiger partial charge on any atom is -0.420 e. The minimum absolute atomic E-state index is 0.0181. The van der Waals surface area contributed by atoms with Crippen LogP contribution in [0, 0.1) is 0 Å². The Bertz CT molecular complexity index is 101. The highest BCUT2D eigenvalue weighted by Gasteiger charge is 2.33. The fourth-order valence-corrected chi connectivity index (χ4v) is 2.72. The lowest BCUT2D eigenvalue weighted by Crippen LogP contribution is -2.44. The number of rotatable bonds is 6. The lowest BCUT2D eigenvalue weighted by Gasteiger charge is -2.37. The van der Waals surface area contributed by atoms with E-state index in [-0.39, 0.29) is 11.7 Å². The van der Waals surface area contributed by atoms with Crippen LogP contribution in [-0.2, 0) is 9.16 Å². The summed E-state index contributed by atoms with van der Waals surface area (Å²) >= 11 is 0. The van der Waals surface area contributed by atoms with Crippen molar-refractivity contribution >= 4 is 10.5 Å². The Kier molecular flexibility index (Phi) is 5.79. The first kappa shape index (κ1) is 12.1. The molecule has 0 radical (unpaired) electrons. The van der Waals surface area contributed by atoms with E-state index in [4.69, 9.17) is 9.16 Å². The molecule has 0 rings (SSSR count). The van der Waals surface area contributed by atoms with Gasteiger partial charge in [0.05, 0.1) is 11.7 Å². The summed E-state index contributed by atoms with van der Waals surface area (Å²) in [6.07, 6.45) is 3.36. The third-order valence-electron chi connectivity index (χ3n) is 2.85. The SMILES string of the molecule is CCC(OC)C(CC)(CC)O[SiH3]. The van der Waals surface area contributed by atoms with Crippen molar-refractivity contribution < 1.29 is 9.16 Å². The van der Waals surface area contributed by atoms with Gasteiger partial charge in [0.2, 0.25) is 0 Å². The summed E-state index contributed by atoms with van der Waals surface area (Å²) in [5.74, 6) is 0. The monoisotopic (exact) mass is 190 g/mol. The Balaban J connectivity index is 4.42. The third kappa shape index (κ3) is 2.31. The molecule has 3 heteroatoms. The van der Waals surface area contributed by atoms with E-state index in [0.29, 0.717) is 0 Å². The second-order valence-corrected chi connectivity index (χ2v) is 3.52. The molecule has 0 heterocycles. The van der Waals surface area contributed by atoms with Crippen LogP contribution >= 0.6 is 0 Å². The van der Waals surface area contributed by atoms with Gasteiger partial charge in [-0.25, -0.2) is 0 Å². The van der Waals surface area contributed by atoms with E-state index in [0.717, 1.165) is 29.7 Å². The molecule has 0 aliphatic carbocycles. The zero-order chi connectivity index (χ0) is 9.61. The van der Waals surface area contributed by atoms with E-state index in [1.54, 1.807) is 7.11 Å². The molecule has 74 valence electrons. The molecule has 0 saturated heterocycles. The van der Waals surface area contributed by atoms with Gasteiger partial charge in [-0.3, -0.25) is 0 Å². The lowest BCUT2D eigenvalue weighted by molar-refractivity contribution is -0.0781. The van der Waals surface area contributed by atoms with Gasteiger partial charge >= 0.3 is 0 Å². The molecule has 1 atom stereocenters. The Hall–Kier alpha value is 0.137. The Morgan fingerprint density at radius 3 is 1.83 bits per heavy atom. The fourth-order valence-electron chi connectivity index (χ4n) is 1.88. The van der Waals surface area contributed by atoms with E-state index in [2.05, 4.69) is 20.8 Å². The molecule has 0 aromatic rings. The molecule has 12 heavy (non-hydrogen) atoms. The first-order chi connectivity index (χ1) is 5.70. The molecule has 2 nitrogen and oxygen atoms in total. The maximum absolute atomic E-state index is 5.69. The van der Waals surface area contributed by atoms with Gasteiger partial charge in [-0.2, -0.15) is 0 Å². The predicted octanol–water partition coefficient (Wildman–Crippen LogP) is 1.27. The van der Waals surface area contributed by atoms with Crippen molar-refractivity contribution in [1.29, 1.82) is 0 Å². The highest BCUT2D eigenvalue weighted by atomic mass is 28.2. The van der Waals surface area contributed by atoms with Crippen LogP contribution in [0.1, 0.15) is 40.0 Å². The second kappa shape index (κ2) is 5.73. The zero-order valence-electron chi connectivity index (χ0n) is 9.02. The molecule has 0 saturated carbocycles. The van der Waals surface area contributed by atoms with Crippen molar-refractivity contribution in [3.05, 3.63) is 0 Å². The van der Waals surface area contributed by atoms with Gasteiger partial charge < -0.3 is 9.16 Å². The summed E-state index contributed by atoms with van der Waals surface area (Å²) < 4.78 is 11.1. The van der Waals surface area contributed by atoms with Gasteiger partial charge in [0, 0.05) is 7.11 Å². The highest BCUT2D eigenvalue weighted by molar-refractivity contribution is 5.98. The van der Waals surface area contributed by atoms with Crippen LogP contribution in [0.2, 0.25) is 0 Å². The van der Waals surface area contributed by atoms with E-state index in [1.165, 1.54) is 0 Å². The predicted molar refractivity (Wildman–Crippen MR) is 55.4 cm³/mol. The molecule has 0 fully saturated rings. The Morgan fingerprint density at radius 1 is 1.25 bits per heavy atom. The molecule has 0 aliphatic heterocycles. The summed E-state index contributed by atoms with van der Waals surface area (Å²) in [5, 5.41) is 0. The molecule has 0 amide bonds. The standard InChI is InChI=1S/C9H22O2Si/c1-5-8(10-4)9(6-2,7-3)11-12/h8H,5-7H2,1-4,12H3. The van der Waals surface area contributed by atoms with Gasteiger partial charge in [0.25, 0.3) is 0 Å². The Morgan fingerprint density at radius 2 is 1.75 bits per heavy atom. The van der Waals surface area contributed by atoms with Crippen LogP contribution in [0.5, 0.6) is 0 Å². The van der Waals surface area contributed by atoms with Crippen LogP contribution in [0.4, 0.5) is 0 Å². The van der Waals surface area contributed by atoms with Gasteiger partial charge in [-0.05, 0) is 19.3 Å². The van der Waals surface area contributed by atoms with Gasteiger partial charge in [0.15, 0.2) is 0 Å². The number of hydrogen-bond acceptors (Lipinski definition) is 2. The smallest absolute Gasteiger partial charge is 0.146 e. The van der Waals surface area contributed by atoms with E-state index < -0.39 is 0 Å². The average molecular weight is 190 g/mol. The summed E-state index contributed by atoms with van der Waals surface area (Å²) in [6, 6.07) is 0. The van der Waals surface area contributed by atoms with Crippen molar-refractivity contribution in [2.45, 2.75) is 51.7 Å². The van der Waals surface area contributed by atoms with Crippen molar-refractivity contribution in [3.63, 3.8) is 0 Å². The third-order valence-corrected chi connectivity index (χ3v) is 3.66. The maximum atomic E-state index is 5.69. The summed E-state index contributed by atoms with van der Waals surface area (Å²) in [5.41, 5.74) is -0.0181. The number of hydrogen-bond donors (Lipinski definition) is 0. The lowest BCUT2D eigenvalue weighted by atomic mass is 9.89. The van der Waals surface area contributed by atoms with Crippen molar-refractivity contribution in [2.24, 2.45) is 0 Å². The quantitative estimate of drug-likeness (QED) is 0.587. The molecule has 0 aliphatic rings. The van der Waals surface area contributed by atoms with Crippen LogP contribution in [-0.4, -0.2) is 29.3 Å². The topological polar surface area (TPSA) is 18.5 Å². The average Bonchev–Trinajstić information content (AvgIpc) is 2.14. The summed E-state index contributed by atoms with van der Waals surface area (Å²) in [6.45, 7) is 6.49. The van der Waals surface area contributed by atoms with E-state index in [9.17, 15) is 0 Å². The largest absolute Gasteiger partial charge is 0.420 e. The van der Waals surface area contributed by atoms with Gasteiger partial charge in [-0.15, -0.1) is 0 Å². The summed E-state index contributed by atoms with van der Waals surface area (Å²) in [7, 11) is 2.57. The molecule has 0 aromatic carbocycles. The zero-order valence-corrected chi connectivity index (χ0v) is 11.0. The molecular formula is C9H22O2Si. The minimum atomic E-state index is -0.0181. The van der Waals surface area contributed by atoms with Gasteiger partial charge in [-0.1, -0.05) is 20.8 Å². The van der Waals surface area contributed by atoms with Crippen LogP contribution < -0.4 is 0 Å². The van der Waals surface area contributed by atoms with Gasteiger partial charge in [0.1, 0.15) is 10.5 Å². The van der Waals surface area contributed by atoms with Crippen molar-refractivity contribution in [2.75, 3.05) is 7.11 Å². The molecule has 0 spiro atoms. The molecule has 1 unspecified atom stereocenters. The number of ether oxygens (including phenoxy) is 1. The molecular weight excluding hydrogens is 168 g/mol. The molecule has 0 aromatic heterocycles. The van der Waals surface area contributed by atoms with E-state index >= 15 is 0 Å². The second-order valence-electron chi connectivity index (χ2n) is 3.11. The normalized spacial score (nSPS) is 15.0. The Labute approximate surface area is 79.2 Å². The highest BCUT2D eigenvalue weighted by Crippen LogP contribution is 2.27. The van der Waals surface area contributed by atoms with Crippen molar-refractivity contribution in [3.8, 4) is 0 Å². The number of methoxy groups -OCH3 is 1. The molecule has 0 N–H and O–H groups in total. The summed E-state index contributed by atoms with van der Waals surface area (Å²) in [4.78, 5) is 0. The molecule has 0 bridgehead atoms. The van der Waals surface area contributed by atoms with Crippen LogP contribution in [0.25, 0.3) is 0 Å². The van der Waals surface area contributed by atoms with Crippen molar-refractivity contribution in [1.82, 2.24) is 0 Å². The van der Waals surface area contributed by atoms with Crippen LogP contribution in [0.3, 0.4) is 0 Å². The first-order valence-electron chi connectivity index (χ1n) is 4.78. The van der Waals surface area contributed by atoms with Crippen LogP contribution in [0.15, 0.2) is 0 Å². The fraction of sp³-hybridized carbons (Fsp3) is 1.00. The van der Waals surface area contributed by atoms with E-state index in [1.807, 2.05) is 0 Å². The maximum Gasteiger partial charge on any atom is 0.146 e. The first-order valence-corrected chi connectivity index (χ1v) is 5.60.